The number of ether oxygens (including phenoxy) is 1. The minimum absolute atomic E-state index is 0.131. The van der Waals surface area contributed by atoms with E-state index in [4.69, 9.17) is 16.3 Å². The first-order chi connectivity index (χ1) is 13.6. The van der Waals surface area contributed by atoms with Crippen LogP contribution in [0.3, 0.4) is 0 Å². The van der Waals surface area contributed by atoms with Crippen molar-refractivity contribution in [1.82, 2.24) is 9.62 Å². The standard InChI is InChI=1S/C19H20ClF3N2O3S/c20-15-6-7-18(17(10-15)19(21,22)23)29(26,27)24-11-16-13-25(8-9-28-16)12-14-4-2-1-3-5-14/h1-7,10,16,24H,8-9,11-13H2. The molecule has 1 N–H and O–H groups in total. The maximum Gasteiger partial charge on any atom is 0.417 e. The Morgan fingerprint density at radius 2 is 1.90 bits per heavy atom. The Labute approximate surface area is 172 Å². The number of benzene rings is 2. The number of hydrogen-bond acceptors (Lipinski definition) is 4. The Morgan fingerprint density at radius 1 is 1.17 bits per heavy atom. The molecule has 1 aliphatic rings. The molecule has 2 aromatic rings. The average molecular weight is 449 g/mol. The third-order valence-electron chi connectivity index (χ3n) is 4.51. The Hall–Kier alpha value is -1.65. The predicted molar refractivity (Wildman–Crippen MR) is 103 cm³/mol. The molecule has 1 aliphatic heterocycles. The van der Waals surface area contributed by atoms with Crippen LogP contribution < -0.4 is 4.72 Å². The van der Waals surface area contributed by atoms with Crippen molar-refractivity contribution >= 4 is 21.6 Å². The molecule has 158 valence electrons. The Kier molecular flexibility index (Phi) is 6.85. The SMILES string of the molecule is O=S(=O)(NCC1CN(Cc2ccccc2)CCO1)c1ccc(Cl)cc1C(F)(F)F. The van der Waals surface area contributed by atoms with E-state index in [-0.39, 0.29) is 11.6 Å². The fraction of sp³-hybridized carbons (Fsp3) is 0.368. The first kappa shape index (κ1) is 22.0. The van der Waals surface area contributed by atoms with Crippen LogP contribution in [0.1, 0.15) is 11.1 Å². The van der Waals surface area contributed by atoms with Crippen molar-refractivity contribution in [3.63, 3.8) is 0 Å². The molecule has 1 unspecified atom stereocenters. The van der Waals surface area contributed by atoms with Crippen LogP contribution in [0, 0.1) is 0 Å². The molecule has 0 bridgehead atoms. The average Bonchev–Trinajstić information content (AvgIpc) is 2.67. The van der Waals surface area contributed by atoms with E-state index in [1.807, 2.05) is 30.3 Å². The lowest BCUT2D eigenvalue weighted by Gasteiger charge is -2.33. The number of alkyl halides is 3. The van der Waals surface area contributed by atoms with E-state index in [9.17, 15) is 21.6 Å². The summed E-state index contributed by atoms with van der Waals surface area (Å²) in [5.74, 6) is 0. The minimum atomic E-state index is -4.84. The lowest BCUT2D eigenvalue weighted by atomic mass is 10.2. The lowest BCUT2D eigenvalue weighted by Crippen LogP contribution is -2.47. The van der Waals surface area contributed by atoms with Gasteiger partial charge in [0.15, 0.2) is 0 Å². The molecule has 0 aromatic heterocycles. The minimum Gasteiger partial charge on any atom is -0.374 e. The zero-order valence-electron chi connectivity index (χ0n) is 15.3. The number of halogens is 4. The van der Waals surface area contributed by atoms with Crippen LogP contribution in [0.15, 0.2) is 53.4 Å². The highest BCUT2D eigenvalue weighted by Crippen LogP contribution is 2.35. The second-order valence-corrected chi connectivity index (χ2v) is 8.88. The van der Waals surface area contributed by atoms with E-state index < -0.39 is 32.8 Å². The van der Waals surface area contributed by atoms with Gasteiger partial charge in [0.2, 0.25) is 10.0 Å². The highest BCUT2D eigenvalue weighted by Gasteiger charge is 2.37. The molecule has 1 atom stereocenters. The van der Waals surface area contributed by atoms with Gasteiger partial charge in [0.05, 0.1) is 23.2 Å². The van der Waals surface area contributed by atoms with E-state index in [0.717, 1.165) is 17.7 Å². The largest absolute Gasteiger partial charge is 0.417 e. The lowest BCUT2D eigenvalue weighted by molar-refractivity contribution is -0.139. The summed E-state index contributed by atoms with van der Waals surface area (Å²) in [5.41, 5.74) is -0.183. The normalized spacial score (nSPS) is 18.7. The van der Waals surface area contributed by atoms with Crippen molar-refractivity contribution in [2.24, 2.45) is 0 Å². The topological polar surface area (TPSA) is 58.6 Å². The molecule has 0 aliphatic carbocycles. The number of nitrogens with zero attached hydrogens (tertiary/aromatic N) is 1. The summed E-state index contributed by atoms with van der Waals surface area (Å²) in [6.07, 6.45) is -5.31. The van der Waals surface area contributed by atoms with E-state index in [0.29, 0.717) is 32.3 Å². The Morgan fingerprint density at radius 3 is 2.59 bits per heavy atom. The van der Waals surface area contributed by atoms with Gasteiger partial charge in [-0.1, -0.05) is 41.9 Å². The third kappa shape index (κ3) is 5.93. The summed E-state index contributed by atoms with van der Waals surface area (Å²) in [7, 11) is -4.39. The molecule has 2 aromatic carbocycles. The summed E-state index contributed by atoms with van der Waals surface area (Å²) < 4.78 is 72.5. The van der Waals surface area contributed by atoms with Gasteiger partial charge in [0, 0.05) is 31.2 Å². The van der Waals surface area contributed by atoms with Crippen molar-refractivity contribution in [3.8, 4) is 0 Å². The van der Waals surface area contributed by atoms with Crippen LogP contribution in [0.5, 0.6) is 0 Å². The van der Waals surface area contributed by atoms with Gasteiger partial charge in [-0.05, 0) is 23.8 Å². The van der Waals surface area contributed by atoms with Crippen molar-refractivity contribution in [2.45, 2.75) is 23.7 Å². The molecule has 1 fully saturated rings. The second kappa shape index (κ2) is 9.01. The summed E-state index contributed by atoms with van der Waals surface area (Å²) in [5, 5.41) is -0.191. The number of hydrogen-bond donors (Lipinski definition) is 1. The van der Waals surface area contributed by atoms with E-state index in [1.165, 1.54) is 0 Å². The van der Waals surface area contributed by atoms with Crippen LogP contribution >= 0.6 is 11.6 Å². The molecule has 0 amide bonds. The van der Waals surface area contributed by atoms with Gasteiger partial charge in [-0.15, -0.1) is 0 Å². The first-order valence-corrected chi connectivity index (χ1v) is 10.8. The van der Waals surface area contributed by atoms with Crippen LogP contribution in [-0.2, 0) is 27.5 Å². The highest BCUT2D eigenvalue weighted by molar-refractivity contribution is 7.89. The van der Waals surface area contributed by atoms with Crippen molar-refractivity contribution in [3.05, 3.63) is 64.7 Å². The Balaban J connectivity index is 1.66. The summed E-state index contributed by atoms with van der Waals surface area (Å²) in [4.78, 5) is 1.26. The molecule has 0 radical (unpaired) electrons. The summed E-state index contributed by atoms with van der Waals surface area (Å²) >= 11 is 5.61. The molecule has 29 heavy (non-hydrogen) atoms. The van der Waals surface area contributed by atoms with Crippen molar-refractivity contribution < 1.29 is 26.3 Å². The molecule has 1 saturated heterocycles. The number of rotatable bonds is 6. The molecule has 10 heteroatoms. The van der Waals surface area contributed by atoms with E-state index >= 15 is 0 Å². The molecular weight excluding hydrogens is 429 g/mol. The maximum absolute atomic E-state index is 13.2. The zero-order chi connectivity index (χ0) is 21.1. The third-order valence-corrected chi connectivity index (χ3v) is 6.23. The number of sulfonamides is 1. The van der Waals surface area contributed by atoms with Crippen molar-refractivity contribution in [2.75, 3.05) is 26.2 Å². The first-order valence-electron chi connectivity index (χ1n) is 8.89. The van der Waals surface area contributed by atoms with E-state index in [1.54, 1.807) is 0 Å². The predicted octanol–water partition coefficient (Wildman–Crippen LogP) is 3.54. The maximum atomic E-state index is 13.2. The summed E-state index contributed by atoms with van der Waals surface area (Å²) in [6, 6.07) is 12.4. The molecule has 3 rings (SSSR count). The number of nitrogens with one attached hydrogen (secondary N) is 1. The number of morpholine rings is 1. The molecule has 1 heterocycles. The van der Waals surface area contributed by atoms with Gasteiger partial charge >= 0.3 is 6.18 Å². The molecular formula is C19H20ClF3N2O3S. The van der Waals surface area contributed by atoms with Crippen LogP contribution in [0.2, 0.25) is 5.02 Å². The fourth-order valence-corrected chi connectivity index (χ4v) is 4.57. The van der Waals surface area contributed by atoms with Crippen LogP contribution in [0.25, 0.3) is 0 Å². The monoisotopic (exact) mass is 448 g/mol. The van der Waals surface area contributed by atoms with Gasteiger partial charge in [-0.3, -0.25) is 4.90 Å². The van der Waals surface area contributed by atoms with Gasteiger partial charge in [-0.2, -0.15) is 13.2 Å². The zero-order valence-corrected chi connectivity index (χ0v) is 16.9. The van der Waals surface area contributed by atoms with Gasteiger partial charge in [-0.25, -0.2) is 13.1 Å². The molecule has 0 spiro atoms. The second-order valence-electron chi connectivity index (χ2n) is 6.70. The summed E-state index contributed by atoms with van der Waals surface area (Å²) in [6.45, 7) is 2.11. The van der Waals surface area contributed by atoms with Gasteiger partial charge in [0.25, 0.3) is 0 Å². The molecule has 0 saturated carbocycles. The quantitative estimate of drug-likeness (QED) is 0.734. The fourth-order valence-electron chi connectivity index (χ4n) is 3.13. The van der Waals surface area contributed by atoms with Gasteiger partial charge < -0.3 is 4.74 Å². The van der Waals surface area contributed by atoms with Crippen LogP contribution in [0.4, 0.5) is 13.2 Å². The van der Waals surface area contributed by atoms with E-state index in [2.05, 4.69) is 9.62 Å². The van der Waals surface area contributed by atoms with Crippen LogP contribution in [-0.4, -0.2) is 45.7 Å². The molecule has 5 nitrogen and oxygen atoms in total. The smallest absolute Gasteiger partial charge is 0.374 e. The van der Waals surface area contributed by atoms with Crippen molar-refractivity contribution in [1.29, 1.82) is 0 Å². The van der Waals surface area contributed by atoms with Gasteiger partial charge in [0.1, 0.15) is 0 Å². The highest BCUT2D eigenvalue weighted by atomic mass is 35.5. The Bertz CT molecular complexity index is 939.